The first-order valence-corrected chi connectivity index (χ1v) is 8.50. The number of likely N-dealkylation sites (tertiary alicyclic amines) is 1. The molecule has 3 aliphatic heterocycles. The Labute approximate surface area is 123 Å². The van der Waals surface area contributed by atoms with Crippen LogP contribution in [-0.4, -0.2) is 55.5 Å². The molecule has 116 valence electrons. The molecule has 3 heterocycles. The third kappa shape index (κ3) is 3.19. The van der Waals surface area contributed by atoms with Crippen LogP contribution in [0, 0.1) is 0 Å². The summed E-state index contributed by atoms with van der Waals surface area (Å²) in [6.45, 7) is 4.70. The van der Waals surface area contributed by atoms with Crippen molar-refractivity contribution in [2.75, 3.05) is 32.9 Å². The first kappa shape index (κ1) is 14.8. The molecule has 3 rings (SSSR count). The zero-order valence-corrected chi connectivity index (χ0v) is 12.7. The van der Waals surface area contributed by atoms with Crippen LogP contribution in [0.1, 0.15) is 51.4 Å². The number of hydrogen-bond donors (Lipinski definition) is 1. The minimum absolute atomic E-state index is 0.104. The monoisotopic (exact) mass is 282 g/mol. The highest BCUT2D eigenvalue weighted by molar-refractivity contribution is 4.94. The van der Waals surface area contributed by atoms with E-state index in [1.165, 1.54) is 45.1 Å². The van der Waals surface area contributed by atoms with E-state index in [1.807, 2.05) is 0 Å². The largest absolute Gasteiger partial charge is 0.381 e. The van der Waals surface area contributed by atoms with Gasteiger partial charge in [0.1, 0.15) is 0 Å². The summed E-state index contributed by atoms with van der Waals surface area (Å²) >= 11 is 0. The summed E-state index contributed by atoms with van der Waals surface area (Å²) in [7, 11) is 0. The van der Waals surface area contributed by atoms with Gasteiger partial charge in [0, 0.05) is 38.4 Å². The zero-order valence-electron chi connectivity index (χ0n) is 12.7. The van der Waals surface area contributed by atoms with Gasteiger partial charge in [-0.25, -0.2) is 0 Å². The lowest BCUT2D eigenvalue weighted by Crippen LogP contribution is -2.54. The normalized spacial score (nSPS) is 35.9. The fourth-order valence-corrected chi connectivity index (χ4v) is 4.31. The fourth-order valence-electron chi connectivity index (χ4n) is 4.31. The van der Waals surface area contributed by atoms with Gasteiger partial charge in [-0.15, -0.1) is 0 Å². The number of hydrogen-bond acceptors (Lipinski definition) is 4. The average molecular weight is 282 g/mol. The van der Waals surface area contributed by atoms with Crippen LogP contribution in [0.15, 0.2) is 0 Å². The van der Waals surface area contributed by atoms with E-state index in [1.54, 1.807) is 0 Å². The maximum absolute atomic E-state index is 6.19. The molecule has 0 aromatic heterocycles. The second-order valence-corrected chi connectivity index (χ2v) is 6.77. The molecule has 0 saturated carbocycles. The molecule has 0 aliphatic carbocycles. The molecule has 2 N–H and O–H groups in total. The average Bonchev–Trinajstić information content (AvgIpc) is 2.73. The first-order valence-electron chi connectivity index (χ1n) is 8.50. The van der Waals surface area contributed by atoms with Crippen molar-refractivity contribution in [3.63, 3.8) is 0 Å². The number of ether oxygens (including phenoxy) is 2. The van der Waals surface area contributed by atoms with Crippen LogP contribution in [0.25, 0.3) is 0 Å². The zero-order chi connectivity index (χ0) is 13.8. The summed E-state index contributed by atoms with van der Waals surface area (Å²) in [5, 5.41) is 0. The van der Waals surface area contributed by atoms with Gasteiger partial charge in [-0.2, -0.15) is 0 Å². The topological polar surface area (TPSA) is 47.7 Å². The van der Waals surface area contributed by atoms with Crippen LogP contribution in [0.5, 0.6) is 0 Å². The van der Waals surface area contributed by atoms with Crippen molar-refractivity contribution in [1.82, 2.24) is 4.90 Å². The number of nitrogens with zero attached hydrogens (tertiary/aromatic N) is 1. The van der Waals surface area contributed by atoms with E-state index in [2.05, 4.69) is 4.90 Å². The molecule has 2 unspecified atom stereocenters. The van der Waals surface area contributed by atoms with Crippen molar-refractivity contribution in [1.29, 1.82) is 0 Å². The third-order valence-electron chi connectivity index (χ3n) is 5.53. The Morgan fingerprint density at radius 1 is 1.05 bits per heavy atom. The maximum Gasteiger partial charge on any atom is 0.0741 e. The van der Waals surface area contributed by atoms with Crippen LogP contribution in [0.3, 0.4) is 0 Å². The lowest BCUT2D eigenvalue weighted by molar-refractivity contribution is -0.153. The quantitative estimate of drug-likeness (QED) is 0.840. The minimum atomic E-state index is 0.104. The van der Waals surface area contributed by atoms with Gasteiger partial charge in [0.25, 0.3) is 0 Å². The van der Waals surface area contributed by atoms with Crippen molar-refractivity contribution >= 4 is 0 Å². The van der Waals surface area contributed by atoms with E-state index in [-0.39, 0.29) is 5.60 Å². The summed E-state index contributed by atoms with van der Waals surface area (Å²) in [6.07, 6.45) is 9.85. The van der Waals surface area contributed by atoms with Crippen LogP contribution < -0.4 is 5.73 Å². The van der Waals surface area contributed by atoms with Gasteiger partial charge in [0.05, 0.1) is 5.60 Å². The SMILES string of the molecule is NCC1CCCCCN1C1CCOC2(CCOCC2)C1. The van der Waals surface area contributed by atoms with Crippen molar-refractivity contribution in [2.24, 2.45) is 5.73 Å². The predicted molar refractivity (Wildman–Crippen MR) is 79.8 cm³/mol. The van der Waals surface area contributed by atoms with E-state index in [4.69, 9.17) is 15.2 Å². The van der Waals surface area contributed by atoms with Crippen molar-refractivity contribution in [3.05, 3.63) is 0 Å². The number of rotatable bonds is 2. The molecule has 0 amide bonds. The van der Waals surface area contributed by atoms with E-state index >= 15 is 0 Å². The van der Waals surface area contributed by atoms with E-state index in [9.17, 15) is 0 Å². The maximum atomic E-state index is 6.19. The Morgan fingerprint density at radius 2 is 1.90 bits per heavy atom. The molecule has 2 atom stereocenters. The standard InChI is InChI=1S/C16H30N2O2/c17-13-15-4-2-1-3-8-18(15)14-5-9-20-16(12-14)6-10-19-11-7-16/h14-15H,1-13,17H2. The molecule has 0 aromatic carbocycles. The van der Waals surface area contributed by atoms with Gasteiger partial charge in [-0.1, -0.05) is 12.8 Å². The Morgan fingerprint density at radius 3 is 2.70 bits per heavy atom. The van der Waals surface area contributed by atoms with E-state index < -0.39 is 0 Å². The third-order valence-corrected chi connectivity index (χ3v) is 5.53. The Bertz CT molecular complexity index is 299. The van der Waals surface area contributed by atoms with E-state index in [0.29, 0.717) is 12.1 Å². The predicted octanol–water partition coefficient (Wildman–Crippen LogP) is 1.92. The van der Waals surface area contributed by atoms with Crippen LogP contribution >= 0.6 is 0 Å². The Kier molecular flexibility index (Phi) is 4.97. The Hall–Kier alpha value is -0.160. The van der Waals surface area contributed by atoms with Gasteiger partial charge in [0.15, 0.2) is 0 Å². The van der Waals surface area contributed by atoms with E-state index in [0.717, 1.165) is 39.2 Å². The second kappa shape index (κ2) is 6.73. The summed E-state index contributed by atoms with van der Waals surface area (Å²) < 4.78 is 11.7. The molecule has 3 fully saturated rings. The first-order chi connectivity index (χ1) is 9.83. The number of nitrogens with two attached hydrogens (primary N) is 1. The molecule has 20 heavy (non-hydrogen) atoms. The van der Waals surface area contributed by atoms with Gasteiger partial charge in [-0.3, -0.25) is 4.90 Å². The highest BCUT2D eigenvalue weighted by Gasteiger charge is 2.41. The highest BCUT2D eigenvalue weighted by Crippen LogP contribution is 2.37. The van der Waals surface area contributed by atoms with Gasteiger partial charge in [0.2, 0.25) is 0 Å². The highest BCUT2D eigenvalue weighted by atomic mass is 16.5. The fraction of sp³-hybridized carbons (Fsp3) is 1.00. The molecule has 0 aromatic rings. The summed E-state index contributed by atoms with van der Waals surface area (Å²) in [5.41, 5.74) is 6.15. The van der Waals surface area contributed by atoms with Gasteiger partial charge >= 0.3 is 0 Å². The lowest BCUT2D eigenvalue weighted by atomic mass is 9.83. The summed E-state index contributed by atoms with van der Waals surface area (Å²) in [4.78, 5) is 2.73. The van der Waals surface area contributed by atoms with Crippen molar-refractivity contribution in [3.8, 4) is 0 Å². The lowest BCUT2D eigenvalue weighted by Gasteiger charge is -2.48. The smallest absolute Gasteiger partial charge is 0.0741 e. The molecular formula is C16H30N2O2. The molecule has 3 saturated heterocycles. The van der Waals surface area contributed by atoms with Crippen LogP contribution in [0.4, 0.5) is 0 Å². The van der Waals surface area contributed by atoms with Crippen LogP contribution in [0.2, 0.25) is 0 Å². The summed E-state index contributed by atoms with van der Waals surface area (Å²) in [6, 6.07) is 1.27. The minimum Gasteiger partial charge on any atom is -0.381 e. The molecule has 1 spiro atoms. The molecule has 3 aliphatic rings. The molecule has 4 heteroatoms. The van der Waals surface area contributed by atoms with Gasteiger partial charge < -0.3 is 15.2 Å². The molecule has 4 nitrogen and oxygen atoms in total. The molecular weight excluding hydrogens is 252 g/mol. The summed E-state index contributed by atoms with van der Waals surface area (Å²) in [5.74, 6) is 0. The van der Waals surface area contributed by atoms with Crippen molar-refractivity contribution < 1.29 is 9.47 Å². The molecule has 0 radical (unpaired) electrons. The Balaban J connectivity index is 1.68. The van der Waals surface area contributed by atoms with Gasteiger partial charge in [-0.05, 0) is 45.1 Å². The second-order valence-electron chi connectivity index (χ2n) is 6.77. The van der Waals surface area contributed by atoms with Crippen LogP contribution in [-0.2, 0) is 9.47 Å². The van der Waals surface area contributed by atoms with Crippen molar-refractivity contribution in [2.45, 2.75) is 69.1 Å². The molecule has 0 bridgehead atoms.